The highest BCUT2D eigenvalue weighted by atomic mass is 32.1. The Hall–Kier alpha value is -1.15. The van der Waals surface area contributed by atoms with E-state index in [1.165, 1.54) is 28.2 Å². The summed E-state index contributed by atoms with van der Waals surface area (Å²) in [5.41, 5.74) is 1.27. The van der Waals surface area contributed by atoms with Crippen molar-refractivity contribution in [2.75, 3.05) is 0 Å². The maximum absolute atomic E-state index is 4.02. The Morgan fingerprint density at radius 2 is 1.93 bits per heavy atom. The van der Waals surface area contributed by atoms with Crippen LogP contribution in [0.25, 0.3) is 10.4 Å². The Morgan fingerprint density at radius 1 is 1.14 bits per heavy atom. The summed E-state index contributed by atoms with van der Waals surface area (Å²) >= 11 is 1.88. The molecular weight excluding hydrogens is 190 g/mol. The van der Waals surface area contributed by atoms with Crippen molar-refractivity contribution in [3.8, 4) is 10.4 Å². The van der Waals surface area contributed by atoms with Crippen LogP contribution in [0, 0.1) is 0 Å². The van der Waals surface area contributed by atoms with Gasteiger partial charge in [0.15, 0.2) is 0 Å². The number of hydrogen-bond donors (Lipinski definition) is 0. The molecule has 0 radical (unpaired) electrons. The van der Waals surface area contributed by atoms with E-state index in [1.54, 1.807) is 0 Å². The Labute approximate surface area is 88.4 Å². The van der Waals surface area contributed by atoms with Crippen molar-refractivity contribution >= 4 is 11.3 Å². The minimum Gasteiger partial charge on any atom is -0.265 e. The van der Waals surface area contributed by atoms with Crippen LogP contribution in [-0.2, 0) is 6.42 Å². The van der Waals surface area contributed by atoms with Gasteiger partial charge in [-0.25, -0.2) is 0 Å². The van der Waals surface area contributed by atoms with Crippen LogP contribution in [0.5, 0.6) is 0 Å². The number of aromatic nitrogens is 1. The molecule has 0 aliphatic heterocycles. The molecule has 0 aliphatic rings. The largest absolute Gasteiger partial charge is 0.265 e. The zero-order chi connectivity index (χ0) is 9.80. The lowest BCUT2D eigenvalue weighted by molar-refractivity contribution is 0.940. The molecule has 2 heterocycles. The number of thiophene rings is 1. The summed E-state index contributed by atoms with van der Waals surface area (Å²) in [6.07, 6.45) is 6.09. The Morgan fingerprint density at radius 3 is 2.64 bits per heavy atom. The van der Waals surface area contributed by atoms with Crippen LogP contribution in [0.3, 0.4) is 0 Å². The third kappa shape index (κ3) is 2.02. The summed E-state index contributed by atoms with van der Waals surface area (Å²) in [7, 11) is 0. The van der Waals surface area contributed by atoms with Gasteiger partial charge < -0.3 is 0 Å². The Kier molecular flexibility index (Phi) is 2.94. The van der Waals surface area contributed by atoms with Crippen LogP contribution in [0.4, 0.5) is 0 Å². The maximum Gasteiger partial charge on any atom is 0.0346 e. The van der Waals surface area contributed by atoms with Gasteiger partial charge in [0, 0.05) is 22.1 Å². The van der Waals surface area contributed by atoms with Crippen molar-refractivity contribution in [3.05, 3.63) is 41.5 Å². The topological polar surface area (TPSA) is 12.9 Å². The van der Waals surface area contributed by atoms with Gasteiger partial charge in [0.25, 0.3) is 0 Å². The quantitative estimate of drug-likeness (QED) is 0.740. The van der Waals surface area contributed by atoms with E-state index in [-0.39, 0.29) is 0 Å². The molecule has 2 aromatic rings. The van der Waals surface area contributed by atoms with E-state index >= 15 is 0 Å². The summed E-state index contributed by atoms with van der Waals surface area (Å²) in [6, 6.07) is 8.54. The van der Waals surface area contributed by atoms with Crippen molar-refractivity contribution in [1.82, 2.24) is 4.98 Å². The van der Waals surface area contributed by atoms with Crippen LogP contribution < -0.4 is 0 Å². The van der Waals surface area contributed by atoms with Crippen LogP contribution >= 0.6 is 11.3 Å². The zero-order valence-corrected chi connectivity index (χ0v) is 9.05. The van der Waals surface area contributed by atoms with Gasteiger partial charge in [0.1, 0.15) is 0 Å². The van der Waals surface area contributed by atoms with E-state index in [9.17, 15) is 0 Å². The molecule has 0 amide bonds. The lowest BCUT2D eigenvalue weighted by Gasteiger charge is -1.94. The van der Waals surface area contributed by atoms with Crippen LogP contribution in [0.2, 0.25) is 0 Å². The van der Waals surface area contributed by atoms with Crippen LogP contribution in [-0.4, -0.2) is 4.98 Å². The molecule has 1 nitrogen and oxygen atoms in total. The molecular formula is C12H13NS. The van der Waals surface area contributed by atoms with Gasteiger partial charge >= 0.3 is 0 Å². The maximum atomic E-state index is 4.02. The first-order valence-electron chi connectivity index (χ1n) is 4.89. The molecule has 2 heteroatoms. The van der Waals surface area contributed by atoms with Gasteiger partial charge in [-0.05, 0) is 36.2 Å². The molecule has 0 N–H and O–H groups in total. The number of nitrogens with zero attached hydrogens (tertiary/aromatic N) is 1. The molecule has 0 spiro atoms. The smallest absolute Gasteiger partial charge is 0.0346 e. The highest BCUT2D eigenvalue weighted by Crippen LogP contribution is 2.27. The molecule has 2 rings (SSSR count). The third-order valence-corrected chi connectivity index (χ3v) is 3.32. The van der Waals surface area contributed by atoms with Crippen molar-refractivity contribution in [2.45, 2.75) is 19.8 Å². The fourth-order valence-electron chi connectivity index (χ4n) is 1.43. The lowest BCUT2D eigenvalue weighted by atomic mass is 10.2. The summed E-state index contributed by atoms with van der Waals surface area (Å²) in [6.45, 7) is 2.21. The van der Waals surface area contributed by atoms with Crippen LogP contribution in [0.1, 0.15) is 18.2 Å². The van der Waals surface area contributed by atoms with E-state index in [4.69, 9.17) is 0 Å². The first kappa shape index (κ1) is 9.41. The van der Waals surface area contributed by atoms with E-state index in [2.05, 4.69) is 36.2 Å². The molecule has 0 unspecified atom stereocenters. The number of hydrogen-bond acceptors (Lipinski definition) is 2. The standard InChI is InChI=1S/C12H13NS/c1-2-3-11-4-5-12(14-11)10-6-8-13-9-7-10/h4-9H,2-3H2,1H3. The van der Waals surface area contributed by atoms with Crippen molar-refractivity contribution < 1.29 is 0 Å². The number of pyridine rings is 1. The summed E-state index contributed by atoms with van der Waals surface area (Å²) in [5.74, 6) is 0. The molecule has 2 aromatic heterocycles. The van der Waals surface area contributed by atoms with E-state index in [1.807, 2.05) is 23.7 Å². The monoisotopic (exact) mass is 203 g/mol. The average Bonchev–Trinajstić information content (AvgIpc) is 2.68. The van der Waals surface area contributed by atoms with Crippen molar-refractivity contribution in [2.24, 2.45) is 0 Å². The molecule has 0 saturated carbocycles. The number of rotatable bonds is 3. The van der Waals surface area contributed by atoms with E-state index < -0.39 is 0 Å². The van der Waals surface area contributed by atoms with Gasteiger partial charge in [0.05, 0.1) is 0 Å². The molecule has 0 aliphatic carbocycles. The fraction of sp³-hybridized carbons (Fsp3) is 0.250. The zero-order valence-electron chi connectivity index (χ0n) is 8.23. The van der Waals surface area contributed by atoms with Crippen molar-refractivity contribution in [3.63, 3.8) is 0 Å². The second-order valence-electron chi connectivity index (χ2n) is 3.25. The molecule has 0 fully saturated rings. The molecule has 0 atom stereocenters. The second kappa shape index (κ2) is 4.38. The SMILES string of the molecule is CCCc1ccc(-c2ccncc2)s1. The predicted octanol–water partition coefficient (Wildman–Crippen LogP) is 3.76. The van der Waals surface area contributed by atoms with Gasteiger partial charge in [-0.3, -0.25) is 4.98 Å². The first-order valence-corrected chi connectivity index (χ1v) is 5.71. The normalized spacial score (nSPS) is 10.4. The summed E-state index contributed by atoms with van der Waals surface area (Å²) in [4.78, 5) is 6.83. The Balaban J connectivity index is 2.25. The lowest BCUT2D eigenvalue weighted by Crippen LogP contribution is -1.73. The summed E-state index contributed by atoms with van der Waals surface area (Å²) < 4.78 is 0. The Bertz CT molecular complexity index is 392. The van der Waals surface area contributed by atoms with Crippen molar-refractivity contribution in [1.29, 1.82) is 0 Å². The van der Waals surface area contributed by atoms with E-state index in [0.717, 1.165) is 0 Å². The highest BCUT2D eigenvalue weighted by molar-refractivity contribution is 7.15. The summed E-state index contributed by atoms with van der Waals surface area (Å²) in [5, 5.41) is 0. The molecule has 72 valence electrons. The molecule has 0 aromatic carbocycles. The van der Waals surface area contributed by atoms with Gasteiger partial charge in [0.2, 0.25) is 0 Å². The van der Waals surface area contributed by atoms with E-state index in [0.29, 0.717) is 0 Å². The fourth-order valence-corrected chi connectivity index (χ4v) is 2.54. The van der Waals surface area contributed by atoms with Crippen LogP contribution in [0.15, 0.2) is 36.7 Å². The minimum atomic E-state index is 1.19. The average molecular weight is 203 g/mol. The van der Waals surface area contributed by atoms with Gasteiger partial charge in [-0.15, -0.1) is 11.3 Å². The third-order valence-electron chi connectivity index (χ3n) is 2.12. The molecule has 0 bridgehead atoms. The second-order valence-corrected chi connectivity index (χ2v) is 4.42. The molecule has 14 heavy (non-hydrogen) atoms. The highest BCUT2D eigenvalue weighted by Gasteiger charge is 2.01. The molecule has 0 saturated heterocycles. The van der Waals surface area contributed by atoms with Gasteiger partial charge in [-0.2, -0.15) is 0 Å². The first-order chi connectivity index (χ1) is 6.90. The minimum absolute atomic E-state index is 1.19. The van der Waals surface area contributed by atoms with Gasteiger partial charge in [-0.1, -0.05) is 13.3 Å². The number of aryl methyl sites for hydroxylation is 1. The predicted molar refractivity (Wildman–Crippen MR) is 61.5 cm³/mol.